The van der Waals surface area contributed by atoms with Crippen LogP contribution >= 0.6 is 0 Å². The number of aromatic nitrogens is 1. The Kier molecular flexibility index (Phi) is 9.33. The molecule has 0 bridgehead atoms. The number of nitrogens with one attached hydrogen (secondary N) is 5. The zero-order chi connectivity index (χ0) is 23.5. The number of rotatable bonds is 11. The SMILES string of the molecule is CC(C)C[CH]NC(=O)[C@H](CCCNC(=N)N[N+](=O)[O-])NC(=O)c1ccc2ccccc2n1. The number of para-hydroxylation sites is 1. The molecule has 0 saturated carbocycles. The number of nitro groups is 1. The quantitative estimate of drug-likeness (QED) is 0.116. The summed E-state index contributed by atoms with van der Waals surface area (Å²) in [6.45, 7) is 5.92. The summed E-state index contributed by atoms with van der Waals surface area (Å²) >= 11 is 0. The molecule has 11 nitrogen and oxygen atoms in total. The molecule has 0 aliphatic rings. The second-order valence-corrected chi connectivity index (χ2v) is 7.57. The second kappa shape index (κ2) is 12.2. The summed E-state index contributed by atoms with van der Waals surface area (Å²) in [6.07, 6.45) is 1.33. The summed E-state index contributed by atoms with van der Waals surface area (Å²) in [6, 6.07) is 9.96. The lowest BCUT2D eigenvalue weighted by Gasteiger charge is -2.19. The summed E-state index contributed by atoms with van der Waals surface area (Å²) in [7, 11) is 0. The van der Waals surface area contributed by atoms with Gasteiger partial charge in [0.25, 0.3) is 11.9 Å². The van der Waals surface area contributed by atoms with E-state index < -0.39 is 22.9 Å². The zero-order valence-corrected chi connectivity index (χ0v) is 18.1. The molecule has 171 valence electrons. The fourth-order valence-corrected chi connectivity index (χ4v) is 2.84. The van der Waals surface area contributed by atoms with Crippen molar-refractivity contribution >= 4 is 28.7 Å². The van der Waals surface area contributed by atoms with Gasteiger partial charge in [-0.05, 0) is 37.3 Å². The molecule has 0 unspecified atom stereocenters. The van der Waals surface area contributed by atoms with Crippen LogP contribution in [0.1, 0.15) is 43.6 Å². The third kappa shape index (κ3) is 8.17. The first-order valence-electron chi connectivity index (χ1n) is 10.3. The number of benzene rings is 1. The summed E-state index contributed by atoms with van der Waals surface area (Å²) in [5.41, 5.74) is 2.56. The Morgan fingerprint density at radius 2 is 1.97 bits per heavy atom. The Labute approximate surface area is 186 Å². The number of hydrazine groups is 1. The second-order valence-electron chi connectivity index (χ2n) is 7.57. The molecule has 1 heterocycles. The topological polar surface area (TPSA) is 162 Å². The van der Waals surface area contributed by atoms with Crippen molar-refractivity contribution in [1.29, 1.82) is 5.41 Å². The normalized spacial score (nSPS) is 11.6. The summed E-state index contributed by atoms with van der Waals surface area (Å²) in [5.74, 6) is -0.922. The Hall–Kier alpha value is -3.76. The minimum absolute atomic E-state index is 0.197. The molecular formula is C21H28N7O4. The van der Waals surface area contributed by atoms with E-state index in [9.17, 15) is 19.7 Å². The number of carbonyl (C=O) groups excluding carboxylic acids is 2. The number of hydrogen-bond acceptors (Lipinski definition) is 6. The minimum atomic E-state index is -0.840. The van der Waals surface area contributed by atoms with Gasteiger partial charge in [0.05, 0.1) is 5.52 Å². The van der Waals surface area contributed by atoms with Gasteiger partial charge in [0.2, 0.25) is 5.91 Å². The highest BCUT2D eigenvalue weighted by molar-refractivity contribution is 5.97. The fraction of sp³-hybridized carbons (Fsp3) is 0.381. The highest BCUT2D eigenvalue weighted by Crippen LogP contribution is 2.12. The van der Waals surface area contributed by atoms with Gasteiger partial charge >= 0.3 is 0 Å². The monoisotopic (exact) mass is 442 g/mol. The van der Waals surface area contributed by atoms with Crippen LogP contribution in [0.4, 0.5) is 0 Å². The van der Waals surface area contributed by atoms with Crippen LogP contribution in [0, 0.1) is 28.0 Å². The molecule has 11 heteroatoms. The van der Waals surface area contributed by atoms with E-state index in [2.05, 4.69) is 20.9 Å². The van der Waals surface area contributed by atoms with Crippen LogP contribution < -0.4 is 21.4 Å². The minimum Gasteiger partial charge on any atom is -0.352 e. The molecule has 1 atom stereocenters. The van der Waals surface area contributed by atoms with Crippen LogP contribution in [0.25, 0.3) is 10.9 Å². The zero-order valence-electron chi connectivity index (χ0n) is 18.1. The average Bonchev–Trinajstić information content (AvgIpc) is 2.74. The molecule has 0 aliphatic heterocycles. The third-order valence-corrected chi connectivity index (χ3v) is 4.46. The summed E-state index contributed by atoms with van der Waals surface area (Å²) in [5, 5.41) is 25.7. The van der Waals surface area contributed by atoms with Gasteiger partial charge in [-0.2, -0.15) is 0 Å². The van der Waals surface area contributed by atoms with E-state index in [4.69, 9.17) is 5.41 Å². The molecular weight excluding hydrogens is 414 g/mol. The van der Waals surface area contributed by atoms with Crippen molar-refractivity contribution in [2.45, 2.75) is 39.2 Å². The number of carbonyl (C=O) groups is 2. The predicted octanol–water partition coefficient (Wildman–Crippen LogP) is 1.74. The maximum Gasteiger partial charge on any atom is 0.270 e. The molecule has 2 amide bonds. The lowest BCUT2D eigenvalue weighted by molar-refractivity contribution is -0.525. The van der Waals surface area contributed by atoms with E-state index in [-0.39, 0.29) is 24.6 Å². The standard InChI is InChI=1S/C21H28N7O4/c1-14(2)11-13-23-19(29)17(8-5-12-24-21(22)27-28(31)32)26-20(30)18-10-9-15-6-3-4-7-16(15)25-18/h3-4,6-7,9-10,13-14,17H,5,8,11-12H2,1-2H3,(H,23,29)(H,26,30)(H3,22,24,27)/t17-/m0/s1. The summed E-state index contributed by atoms with van der Waals surface area (Å²) in [4.78, 5) is 40.1. The van der Waals surface area contributed by atoms with Crippen molar-refractivity contribution < 1.29 is 14.6 Å². The Morgan fingerprint density at radius 1 is 1.22 bits per heavy atom. The molecule has 2 rings (SSSR count). The first kappa shape index (κ1) is 24.5. The van der Waals surface area contributed by atoms with Crippen molar-refractivity contribution in [3.63, 3.8) is 0 Å². The molecule has 0 spiro atoms. The molecule has 0 saturated heterocycles. The number of amides is 2. The summed E-state index contributed by atoms with van der Waals surface area (Å²) < 4.78 is 0. The van der Waals surface area contributed by atoms with Crippen molar-refractivity contribution in [1.82, 2.24) is 26.4 Å². The predicted molar refractivity (Wildman–Crippen MR) is 120 cm³/mol. The van der Waals surface area contributed by atoms with Gasteiger partial charge in [-0.15, -0.1) is 0 Å². The largest absolute Gasteiger partial charge is 0.352 e. The van der Waals surface area contributed by atoms with Gasteiger partial charge in [0, 0.05) is 18.5 Å². The van der Waals surface area contributed by atoms with Crippen molar-refractivity contribution in [2.75, 3.05) is 6.54 Å². The smallest absolute Gasteiger partial charge is 0.270 e. The van der Waals surface area contributed by atoms with Crippen LogP contribution in [0.5, 0.6) is 0 Å². The first-order chi connectivity index (χ1) is 15.3. The Morgan fingerprint density at radius 3 is 2.69 bits per heavy atom. The van der Waals surface area contributed by atoms with E-state index >= 15 is 0 Å². The van der Waals surface area contributed by atoms with Crippen molar-refractivity contribution in [3.05, 3.63) is 58.8 Å². The van der Waals surface area contributed by atoms with Gasteiger partial charge in [-0.3, -0.25) is 15.0 Å². The molecule has 1 radical (unpaired) electrons. The number of nitrogens with zero attached hydrogens (tertiary/aromatic N) is 2. The fourth-order valence-electron chi connectivity index (χ4n) is 2.84. The van der Waals surface area contributed by atoms with Gasteiger partial charge in [-0.1, -0.05) is 43.5 Å². The van der Waals surface area contributed by atoms with Gasteiger partial charge in [-0.25, -0.2) is 15.1 Å². The number of guanidine groups is 1. The maximum absolute atomic E-state index is 12.7. The van der Waals surface area contributed by atoms with Gasteiger partial charge in [0.15, 0.2) is 5.03 Å². The van der Waals surface area contributed by atoms with E-state index in [1.807, 2.05) is 32.0 Å². The number of pyridine rings is 1. The highest BCUT2D eigenvalue weighted by Gasteiger charge is 2.22. The lowest BCUT2D eigenvalue weighted by atomic mass is 10.1. The molecule has 5 N–H and O–H groups in total. The van der Waals surface area contributed by atoms with E-state index in [1.165, 1.54) is 0 Å². The Balaban J connectivity index is 1.99. The van der Waals surface area contributed by atoms with Crippen LogP contribution in [0.15, 0.2) is 36.4 Å². The average molecular weight is 443 g/mol. The van der Waals surface area contributed by atoms with E-state index in [0.29, 0.717) is 24.3 Å². The van der Waals surface area contributed by atoms with E-state index in [1.54, 1.807) is 30.2 Å². The van der Waals surface area contributed by atoms with Crippen LogP contribution in [-0.2, 0) is 4.79 Å². The molecule has 1 aromatic carbocycles. The maximum atomic E-state index is 12.7. The number of hydrogen-bond donors (Lipinski definition) is 5. The number of fused-ring (bicyclic) bond motifs is 1. The third-order valence-electron chi connectivity index (χ3n) is 4.46. The van der Waals surface area contributed by atoms with Crippen LogP contribution in [-0.4, -0.2) is 40.4 Å². The molecule has 1 aromatic heterocycles. The Bertz CT molecular complexity index is 964. The molecule has 0 aliphatic carbocycles. The van der Waals surface area contributed by atoms with E-state index in [0.717, 1.165) is 5.39 Å². The van der Waals surface area contributed by atoms with Gasteiger partial charge < -0.3 is 16.0 Å². The lowest BCUT2D eigenvalue weighted by Crippen LogP contribution is -2.47. The van der Waals surface area contributed by atoms with Crippen molar-refractivity contribution in [3.8, 4) is 0 Å². The molecule has 0 fully saturated rings. The van der Waals surface area contributed by atoms with Crippen LogP contribution in [0.3, 0.4) is 0 Å². The van der Waals surface area contributed by atoms with Crippen molar-refractivity contribution in [2.24, 2.45) is 5.92 Å². The van der Waals surface area contributed by atoms with Crippen LogP contribution in [0.2, 0.25) is 0 Å². The molecule has 32 heavy (non-hydrogen) atoms. The first-order valence-corrected chi connectivity index (χ1v) is 10.3. The van der Waals surface area contributed by atoms with Gasteiger partial charge in [0.1, 0.15) is 11.7 Å². The highest BCUT2D eigenvalue weighted by atomic mass is 16.7. The molecule has 2 aromatic rings.